The van der Waals surface area contributed by atoms with E-state index in [1.165, 1.54) is 12.3 Å². The lowest BCUT2D eigenvalue weighted by Gasteiger charge is -2.09. The van der Waals surface area contributed by atoms with E-state index in [0.717, 1.165) is 6.42 Å². The standard InChI is InChI=1S/C21H25Cl2NO5/c1-14(2)7-9-28-20-12-24-16(11-18(20)25)13-29-21(26)4-3-8-27-19-6-5-15(22)10-17(19)23/h5-6,10-12,14H,3-4,7-9,13H2,1-2H3,(H,24,25). The van der Waals surface area contributed by atoms with Crippen molar-refractivity contribution in [1.29, 1.82) is 0 Å². The molecule has 158 valence electrons. The molecular formula is C21H25Cl2NO5. The Kier molecular flexibility index (Phi) is 9.35. The van der Waals surface area contributed by atoms with Crippen molar-refractivity contribution < 1.29 is 19.0 Å². The summed E-state index contributed by atoms with van der Waals surface area (Å²) >= 11 is 11.8. The number of H-pyrrole nitrogens is 1. The highest BCUT2D eigenvalue weighted by molar-refractivity contribution is 6.35. The van der Waals surface area contributed by atoms with Gasteiger partial charge < -0.3 is 19.2 Å². The molecule has 0 saturated heterocycles. The Labute approximate surface area is 180 Å². The molecule has 0 unspecified atom stereocenters. The predicted octanol–water partition coefficient (Wildman–Crippen LogP) is 5.01. The van der Waals surface area contributed by atoms with E-state index in [4.69, 9.17) is 37.4 Å². The van der Waals surface area contributed by atoms with Crippen LogP contribution in [0.3, 0.4) is 0 Å². The van der Waals surface area contributed by atoms with Gasteiger partial charge in [0.15, 0.2) is 5.75 Å². The minimum absolute atomic E-state index is 0.00971. The molecule has 0 atom stereocenters. The largest absolute Gasteiger partial charge is 0.492 e. The Morgan fingerprint density at radius 2 is 1.86 bits per heavy atom. The number of aromatic amines is 1. The van der Waals surface area contributed by atoms with Crippen LogP contribution in [0, 0.1) is 5.92 Å². The fourth-order valence-corrected chi connectivity index (χ4v) is 2.79. The summed E-state index contributed by atoms with van der Waals surface area (Å²) < 4.78 is 16.2. The predicted molar refractivity (Wildman–Crippen MR) is 113 cm³/mol. The van der Waals surface area contributed by atoms with Crippen LogP contribution in [0.5, 0.6) is 11.5 Å². The molecule has 0 amide bonds. The topological polar surface area (TPSA) is 77.6 Å². The first-order chi connectivity index (χ1) is 13.8. The minimum Gasteiger partial charge on any atom is -0.492 e. The maximum Gasteiger partial charge on any atom is 0.306 e. The van der Waals surface area contributed by atoms with Crippen molar-refractivity contribution >= 4 is 29.2 Å². The molecule has 0 radical (unpaired) electrons. The van der Waals surface area contributed by atoms with Gasteiger partial charge in [0.2, 0.25) is 5.43 Å². The molecule has 0 aliphatic rings. The number of carbonyl (C=O) groups excluding carboxylic acids is 1. The van der Waals surface area contributed by atoms with Crippen LogP contribution in [0.1, 0.15) is 38.8 Å². The number of pyridine rings is 1. The van der Waals surface area contributed by atoms with Crippen LogP contribution in [0.25, 0.3) is 0 Å². The second-order valence-electron chi connectivity index (χ2n) is 6.91. The van der Waals surface area contributed by atoms with Gasteiger partial charge in [0, 0.05) is 23.7 Å². The summed E-state index contributed by atoms with van der Waals surface area (Å²) in [5.41, 5.74) is 0.260. The molecule has 29 heavy (non-hydrogen) atoms. The van der Waals surface area contributed by atoms with Gasteiger partial charge in [-0.25, -0.2) is 0 Å². The smallest absolute Gasteiger partial charge is 0.306 e. The monoisotopic (exact) mass is 441 g/mol. The molecule has 0 spiro atoms. The molecular weight excluding hydrogens is 417 g/mol. The minimum atomic E-state index is -0.381. The van der Waals surface area contributed by atoms with E-state index >= 15 is 0 Å². The van der Waals surface area contributed by atoms with Crippen LogP contribution < -0.4 is 14.9 Å². The van der Waals surface area contributed by atoms with E-state index in [0.29, 0.717) is 47.0 Å². The summed E-state index contributed by atoms with van der Waals surface area (Å²) in [5, 5.41) is 0.944. The van der Waals surface area contributed by atoms with Crippen molar-refractivity contribution in [3.8, 4) is 11.5 Å². The SMILES string of the molecule is CC(C)CCOc1c[nH]c(COC(=O)CCCOc2ccc(Cl)cc2Cl)cc1=O. The van der Waals surface area contributed by atoms with Gasteiger partial charge >= 0.3 is 5.97 Å². The summed E-state index contributed by atoms with van der Waals surface area (Å²) in [6, 6.07) is 6.33. The Morgan fingerprint density at radius 3 is 2.55 bits per heavy atom. The third-order valence-corrected chi connectivity index (χ3v) is 4.49. The lowest BCUT2D eigenvalue weighted by atomic mass is 10.1. The number of nitrogens with one attached hydrogen (secondary N) is 1. The third kappa shape index (κ3) is 8.38. The molecule has 2 rings (SSSR count). The van der Waals surface area contributed by atoms with Gasteiger partial charge in [0.25, 0.3) is 0 Å². The quantitative estimate of drug-likeness (QED) is 0.391. The number of halogens is 2. The highest BCUT2D eigenvalue weighted by atomic mass is 35.5. The summed E-state index contributed by atoms with van der Waals surface area (Å²) in [5.74, 6) is 0.895. The highest BCUT2D eigenvalue weighted by Crippen LogP contribution is 2.27. The lowest BCUT2D eigenvalue weighted by molar-refractivity contribution is -0.145. The third-order valence-electron chi connectivity index (χ3n) is 3.95. The zero-order chi connectivity index (χ0) is 21.2. The summed E-state index contributed by atoms with van der Waals surface area (Å²) in [6.07, 6.45) is 3.02. The van der Waals surface area contributed by atoms with E-state index in [1.807, 2.05) is 0 Å². The van der Waals surface area contributed by atoms with Crippen molar-refractivity contribution in [3.05, 3.63) is 56.4 Å². The number of rotatable bonds is 11. The highest BCUT2D eigenvalue weighted by Gasteiger charge is 2.08. The van der Waals surface area contributed by atoms with Crippen LogP contribution in [-0.2, 0) is 16.1 Å². The molecule has 0 aliphatic carbocycles. The van der Waals surface area contributed by atoms with E-state index < -0.39 is 0 Å². The molecule has 1 aromatic carbocycles. The summed E-state index contributed by atoms with van der Waals surface area (Å²) in [4.78, 5) is 26.8. The molecule has 2 aromatic rings. The average Bonchev–Trinajstić information content (AvgIpc) is 2.66. The molecule has 0 saturated carbocycles. The van der Waals surface area contributed by atoms with Crippen LogP contribution in [0.2, 0.25) is 10.0 Å². The second kappa shape index (κ2) is 11.7. The number of aromatic nitrogens is 1. The van der Waals surface area contributed by atoms with Gasteiger partial charge in [0.1, 0.15) is 12.4 Å². The molecule has 0 aliphatic heterocycles. The molecule has 1 aromatic heterocycles. The van der Waals surface area contributed by atoms with Crippen molar-refractivity contribution in [2.24, 2.45) is 5.92 Å². The Bertz CT molecular complexity index is 866. The zero-order valence-corrected chi connectivity index (χ0v) is 18.0. The first-order valence-electron chi connectivity index (χ1n) is 9.43. The normalized spacial score (nSPS) is 10.8. The Morgan fingerprint density at radius 1 is 1.10 bits per heavy atom. The molecule has 6 nitrogen and oxygen atoms in total. The lowest BCUT2D eigenvalue weighted by Crippen LogP contribution is -2.13. The van der Waals surface area contributed by atoms with Gasteiger partial charge in [-0.1, -0.05) is 37.0 Å². The fraction of sp³-hybridized carbons (Fsp3) is 0.429. The maximum atomic E-state index is 12.0. The number of hydrogen-bond donors (Lipinski definition) is 1. The number of esters is 1. The first-order valence-corrected chi connectivity index (χ1v) is 10.2. The van der Waals surface area contributed by atoms with Crippen LogP contribution in [0.15, 0.2) is 35.3 Å². The molecule has 1 N–H and O–H groups in total. The van der Waals surface area contributed by atoms with Gasteiger partial charge in [-0.2, -0.15) is 0 Å². The van der Waals surface area contributed by atoms with E-state index in [9.17, 15) is 9.59 Å². The summed E-state index contributed by atoms with van der Waals surface area (Å²) in [6.45, 7) is 4.96. The van der Waals surface area contributed by atoms with Crippen molar-refractivity contribution in [2.45, 2.75) is 39.7 Å². The Balaban J connectivity index is 1.69. The van der Waals surface area contributed by atoms with Crippen LogP contribution in [0.4, 0.5) is 0 Å². The van der Waals surface area contributed by atoms with Crippen molar-refractivity contribution in [1.82, 2.24) is 4.98 Å². The molecule has 1 heterocycles. The molecule has 0 bridgehead atoms. The second-order valence-corrected chi connectivity index (χ2v) is 7.75. The molecule has 8 heteroatoms. The van der Waals surface area contributed by atoms with E-state index in [2.05, 4.69) is 18.8 Å². The number of ether oxygens (including phenoxy) is 3. The summed E-state index contributed by atoms with van der Waals surface area (Å²) in [7, 11) is 0. The van der Waals surface area contributed by atoms with E-state index in [-0.39, 0.29) is 30.2 Å². The van der Waals surface area contributed by atoms with Crippen LogP contribution >= 0.6 is 23.2 Å². The number of hydrogen-bond acceptors (Lipinski definition) is 5. The Hall–Kier alpha value is -2.18. The maximum absolute atomic E-state index is 12.0. The van der Waals surface area contributed by atoms with Gasteiger partial charge in [-0.05, 0) is 37.0 Å². The first kappa shape index (κ1) is 23.1. The van der Waals surface area contributed by atoms with E-state index in [1.54, 1.807) is 18.2 Å². The van der Waals surface area contributed by atoms with Gasteiger partial charge in [0.05, 0.1) is 23.9 Å². The zero-order valence-electron chi connectivity index (χ0n) is 16.5. The molecule has 0 fully saturated rings. The fourth-order valence-electron chi connectivity index (χ4n) is 2.32. The average molecular weight is 442 g/mol. The van der Waals surface area contributed by atoms with Gasteiger partial charge in [-0.15, -0.1) is 0 Å². The van der Waals surface area contributed by atoms with Crippen molar-refractivity contribution in [3.63, 3.8) is 0 Å². The number of carbonyl (C=O) groups is 1. The van der Waals surface area contributed by atoms with Crippen LogP contribution in [-0.4, -0.2) is 24.2 Å². The van der Waals surface area contributed by atoms with Crippen molar-refractivity contribution in [2.75, 3.05) is 13.2 Å². The number of benzene rings is 1. The van der Waals surface area contributed by atoms with Gasteiger partial charge in [-0.3, -0.25) is 9.59 Å².